The van der Waals surface area contributed by atoms with E-state index < -0.39 is 5.82 Å². The van der Waals surface area contributed by atoms with Crippen molar-refractivity contribution in [1.82, 2.24) is 0 Å². The summed E-state index contributed by atoms with van der Waals surface area (Å²) in [5.41, 5.74) is 2.85. The number of anilines is 1. The number of hydrogen-bond acceptors (Lipinski definition) is 1. The topological polar surface area (TPSA) is 33.5 Å². The fourth-order valence-corrected chi connectivity index (χ4v) is 2.47. The Morgan fingerprint density at radius 2 is 2.00 bits per heavy atom. The van der Waals surface area contributed by atoms with Crippen molar-refractivity contribution in [2.45, 2.75) is 13.5 Å². The highest BCUT2D eigenvalue weighted by molar-refractivity contribution is 6.33. The number of hydrogen-bond donors (Lipinski definition) is 2. The molecular weight excluding hydrogens is 303 g/mol. The second kappa shape index (κ2) is 7.38. The number of aryl methyl sites for hydroxylation is 1. The van der Waals surface area contributed by atoms with Crippen LogP contribution in [-0.4, -0.2) is 19.5 Å². The lowest BCUT2D eigenvalue weighted by atomic mass is 10.1. The van der Waals surface area contributed by atoms with Crippen molar-refractivity contribution in [1.29, 1.82) is 0 Å². The molecule has 0 aliphatic carbocycles. The highest BCUT2D eigenvalue weighted by Crippen LogP contribution is 2.21. The summed E-state index contributed by atoms with van der Waals surface area (Å²) < 4.78 is 13.0. The van der Waals surface area contributed by atoms with Crippen LogP contribution in [0.15, 0.2) is 42.5 Å². The van der Waals surface area contributed by atoms with Crippen molar-refractivity contribution in [3.05, 3.63) is 64.4 Å². The smallest absolute Gasteiger partial charge is 0.279 e. The Labute approximate surface area is 134 Å². The number of quaternary nitrogens is 1. The van der Waals surface area contributed by atoms with Gasteiger partial charge in [0.25, 0.3) is 5.91 Å². The molecule has 116 valence electrons. The quantitative estimate of drug-likeness (QED) is 0.871. The number of rotatable bonds is 5. The highest BCUT2D eigenvalue weighted by atomic mass is 35.5. The van der Waals surface area contributed by atoms with Crippen LogP contribution in [0.1, 0.15) is 11.1 Å². The van der Waals surface area contributed by atoms with Gasteiger partial charge in [0, 0.05) is 5.56 Å². The minimum atomic E-state index is -0.426. The van der Waals surface area contributed by atoms with Crippen LogP contribution in [0.25, 0.3) is 0 Å². The molecule has 0 saturated heterocycles. The molecule has 1 atom stereocenters. The van der Waals surface area contributed by atoms with E-state index in [4.69, 9.17) is 11.6 Å². The van der Waals surface area contributed by atoms with E-state index in [0.717, 1.165) is 11.4 Å². The van der Waals surface area contributed by atoms with Crippen LogP contribution in [0.5, 0.6) is 0 Å². The van der Waals surface area contributed by atoms with Crippen molar-refractivity contribution in [3.8, 4) is 0 Å². The lowest BCUT2D eigenvalue weighted by Crippen LogP contribution is -3.08. The number of amides is 1. The average Bonchev–Trinajstić information content (AvgIpc) is 2.44. The van der Waals surface area contributed by atoms with Gasteiger partial charge in [-0.25, -0.2) is 4.39 Å². The van der Waals surface area contributed by atoms with E-state index in [1.54, 1.807) is 0 Å². The molecule has 0 aromatic heterocycles. The van der Waals surface area contributed by atoms with Gasteiger partial charge in [-0.2, -0.15) is 0 Å². The van der Waals surface area contributed by atoms with Crippen molar-refractivity contribution >= 4 is 23.2 Å². The summed E-state index contributed by atoms with van der Waals surface area (Å²) >= 11 is 5.90. The predicted octanol–water partition coefficient (Wildman–Crippen LogP) is 2.44. The van der Waals surface area contributed by atoms with Gasteiger partial charge in [0.2, 0.25) is 0 Å². The minimum Gasteiger partial charge on any atom is -0.326 e. The van der Waals surface area contributed by atoms with E-state index in [1.165, 1.54) is 29.3 Å². The molecule has 3 nitrogen and oxygen atoms in total. The van der Waals surface area contributed by atoms with Crippen LogP contribution in [0.3, 0.4) is 0 Å². The molecule has 0 radical (unpaired) electrons. The Morgan fingerprint density at radius 1 is 1.27 bits per heavy atom. The molecule has 0 saturated carbocycles. The van der Waals surface area contributed by atoms with Crippen LogP contribution in [-0.2, 0) is 11.3 Å². The molecule has 0 aliphatic rings. The van der Waals surface area contributed by atoms with Gasteiger partial charge in [-0.1, -0.05) is 35.9 Å². The van der Waals surface area contributed by atoms with Crippen molar-refractivity contribution < 1.29 is 14.1 Å². The summed E-state index contributed by atoms with van der Waals surface area (Å²) in [7, 11) is 1.96. The van der Waals surface area contributed by atoms with Gasteiger partial charge in [-0.15, -0.1) is 0 Å². The molecule has 22 heavy (non-hydrogen) atoms. The van der Waals surface area contributed by atoms with Crippen LogP contribution in [0, 0.1) is 12.7 Å². The third kappa shape index (κ3) is 4.55. The lowest BCUT2D eigenvalue weighted by Gasteiger charge is -2.15. The molecular formula is C17H19ClFN2O+. The molecule has 5 heteroatoms. The van der Waals surface area contributed by atoms with Crippen LogP contribution < -0.4 is 10.2 Å². The number of benzene rings is 2. The minimum absolute atomic E-state index is 0.153. The third-order valence-electron chi connectivity index (χ3n) is 3.42. The number of likely N-dealkylation sites (N-methyl/N-ethyl adjacent to an activating group) is 1. The van der Waals surface area contributed by atoms with E-state index in [0.29, 0.717) is 12.2 Å². The van der Waals surface area contributed by atoms with E-state index in [9.17, 15) is 9.18 Å². The molecule has 0 aliphatic heterocycles. The summed E-state index contributed by atoms with van der Waals surface area (Å²) in [5, 5.41) is 2.91. The predicted molar refractivity (Wildman–Crippen MR) is 86.7 cm³/mol. The SMILES string of the molecule is Cc1ccccc1C[NH+](C)CC(=O)Nc1ccc(F)cc1Cl. The van der Waals surface area contributed by atoms with E-state index in [-0.39, 0.29) is 10.9 Å². The molecule has 0 bridgehead atoms. The van der Waals surface area contributed by atoms with Crippen LogP contribution >= 0.6 is 11.6 Å². The van der Waals surface area contributed by atoms with Gasteiger partial charge >= 0.3 is 0 Å². The zero-order valence-electron chi connectivity index (χ0n) is 12.6. The van der Waals surface area contributed by atoms with Crippen LogP contribution in [0.4, 0.5) is 10.1 Å². The monoisotopic (exact) mass is 321 g/mol. The maximum absolute atomic E-state index is 13.0. The van der Waals surface area contributed by atoms with E-state index >= 15 is 0 Å². The molecule has 0 fully saturated rings. The van der Waals surface area contributed by atoms with E-state index in [2.05, 4.69) is 24.4 Å². The van der Waals surface area contributed by atoms with Gasteiger partial charge in [-0.05, 0) is 30.7 Å². The number of halogens is 2. The van der Waals surface area contributed by atoms with Crippen LogP contribution in [0.2, 0.25) is 5.02 Å². The summed E-state index contributed by atoms with van der Waals surface area (Å²) in [6.45, 7) is 3.13. The summed E-state index contributed by atoms with van der Waals surface area (Å²) in [5.74, 6) is -0.579. The first kappa shape index (κ1) is 16.5. The van der Waals surface area contributed by atoms with Gasteiger partial charge in [0.05, 0.1) is 17.8 Å². The summed E-state index contributed by atoms with van der Waals surface area (Å²) in [4.78, 5) is 13.1. The maximum Gasteiger partial charge on any atom is 0.279 e. The van der Waals surface area contributed by atoms with Gasteiger partial charge < -0.3 is 10.2 Å². The summed E-state index contributed by atoms with van der Waals surface area (Å²) in [6, 6.07) is 12.0. The second-order valence-electron chi connectivity index (χ2n) is 5.41. The highest BCUT2D eigenvalue weighted by Gasteiger charge is 2.13. The Balaban J connectivity index is 1.93. The van der Waals surface area contributed by atoms with Gasteiger partial charge in [0.1, 0.15) is 12.4 Å². The molecule has 2 N–H and O–H groups in total. The molecule has 2 aromatic carbocycles. The first-order valence-electron chi connectivity index (χ1n) is 7.06. The maximum atomic E-state index is 13.0. The van der Waals surface area contributed by atoms with Crippen molar-refractivity contribution in [3.63, 3.8) is 0 Å². The van der Waals surface area contributed by atoms with Crippen molar-refractivity contribution in [2.75, 3.05) is 18.9 Å². The van der Waals surface area contributed by atoms with E-state index in [1.807, 2.05) is 19.2 Å². The normalized spacial score (nSPS) is 12.0. The first-order chi connectivity index (χ1) is 10.5. The third-order valence-corrected chi connectivity index (χ3v) is 3.73. The Bertz CT molecular complexity index is 675. The number of carbonyl (C=O) groups is 1. The molecule has 0 heterocycles. The fourth-order valence-electron chi connectivity index (χ4n) is 2.26. The van der Waals surface area contributed by atoms with Gasteiger partial charge in [0.15, 0.2) is 6.54 Å². The first-order valence-corrected chi connectivity index (χ1v) is 7.44. The molecule has 2 aromatic rings. The molecule has 1 amide bonds. The lowest BCUT2D eigenvalue weighted by molar-refractivity contribution is -0.885. The molecule has 2 rings (SSSR count). The zero-order valence-corrected chi connectivity index (χ0v) is 13.4. The second-order valence-corrected chi connectivity index (χ2v) is 5.82. The Kier molecular flexibility index (Phi) is 5.52. The largest absolute Gasteiger partial charge is 0.326 e. The Morgan fingerprint density at radius 3 is 2.68 bits per heavy atom. The molecule has 0 spiro atoms. The molecule has 1 unspecified atom stereocenters. The van der Waals surface area contributed by atoms with Gasteiger partial charge in [-0.3, -0.25) is 4.79 Å². The Hall–Kier alpha value is -1.91. The fraction of sp³-hybridized carbons (Fsp3) is 0.235. The zero-order chi connectivity index (χ0) is 16.1. The van der Waals surface area contributed by atoms with Crippen molar-refractivity contribution in [2.24, 2.45) is 0 Å². The standard InChI is InChI=1S/C17H18ClFN2O/c1-12-5-3-4-6-13(12)10-21(2)11-17(22)20-16-8-7-14(19)9-15(16)18/h3-9H,10-11H2,1-2H3,(H,20,22)/p+1. The number of carbonyl (C=O) groups excluding carboxylic acids is 1. The average molecular weight is 322 g/mol. The number of nitrogens with one attached hydrogen (secondary N) is 2. The summed E-state index contributed by atoms with van der Waals surface area (Å²) in [6.07, 6.45) is 0.